The molecule has 0 amide bonds. The lowest BCUT2D eigenvalue weighted by atomic mass is 9.98. The van der Waals surface area contributed by atoms with Crippen molar-refractivity contribution in [3.8, 4) is 0 Å². The van der Waals surface area contributed by atoms with Crippen LogP contribution < -0.4 is 5.69 Å². The smallest absolute Gasteiger partial charge is 0.326 e. The zero-order valence-corrected chi connectivity index (χ0v) is 14.9. The van der Waals surface area contributed by atoms with E-state index in [4.69, 9.17) is 0 Å². The first-order valence-electron chi connectivity index (χ1n) is 9.80. The quantitative estimate of drug-likeness (QED) is 0.877. The summed E-state index contributed by atoms with van der Waals surface area (Å²) in [6.07, 6.45) is 7.96. The third-order valence-corrected chi connectivity index (χ3v) is 6.10. The Balaban J connectivity index is 1.35. The van der Waals surface area contributed by atoms with E-state index in [0.29, 0.717) is 0 Å². The molecule has 1 unspecified atom stereocenters. The van der Waals surface area contributed by atoms with E-state index in [1.165, 1.54) is 25.7 Å². The van der Waals surface area contributed by atoms with Gasteiger partial charge in [-0.2, -0.15) is 0 Å². The van der Waals surface area contributed by atoms with Gasteiger partial charge in [0, 0.05) is 25.7 Å². The van der Waals surface area contributed by atoms with Crippen molar-refractivity contribution in [2.24, 2.45) is 5.92 Å². The highest BCUT2D eigenvalue weighted by atomic mass is 16.3. The van der Waals surface area contributed by atoms with Crippen LogP contribution in [0.5, 0.6) is 0 Å². The second-order valence-corrected chi connectivity index (χ2v) is 7.89. The van der Waals surface area contributed by atoms with E-state index < -0.39 is 0 Å². The van der Waals surface area contributed by atoms with Crippen LogP contribution in [0.15, 0.2) is 29.1 Å². The number of fused-ring (bicyclic) bond motifs is 1. The van der Waals surface area contributed by atoms with Crippen molar-refractivity contribution in [2.75, 3.05) is 19.6 Å². The number of aliphatic hydroxyl groups excluding tert-OH is 1. The molecule has 0 radical (unpaired) electrons. The molecule has 25 heavy (non-hydrogen) atoms. The summed E-state index contributed by atoms with van der Waals surface area (Å²) >= 11 is 0. The molecule has 5 heteroatoms. The molecule has 1 saturated carbocycles. The molecule has 5 nitrogen and oxygen atoms in total. The number of H-pyrrole nitrogens is 1. The van der Waals surface area contributed by atoms with Crippen LogP contribution in [0.3, 0.4) is 0 Å². The van der Waals surface area contributed by atoms with Crippen LogP contribution >= 0.6 is 0 Å². The number of para-hydroxylation sites is 2. The van der Waals surface area contributed by atoms with E-state index in [9.17, 15) is 9.90 Å². The van der Waals surface area contributed by atoms with E-state index in [2.05, 4.69) is 9.88 Å². The summed E-state index contributed by atoms with van der Waals surface area (Å²) in [4.78, 5) is 17.7. The Hall–Kier alpha value is -1.59. The number of aromatic nitrogens is 2. The van der Waals surface area contributed by atoms with Crippen LogP contribution in [0.4, 0.5) is 0 Å². The molecule has 136 valence electrons. The summed E-state index contributed by atoms with van der Waals surface area (Å²) < 4.78 is 1.93. The van der Waals surface area contributed by atoms with Crippen molar-refractivity contribution < 1.29 is 5.11 Å². The summed E-state index contributed by atoms with van der Waals surface area (Å²) in [5.41, 5.74) is 1.93. The predicted octanol–water partition coefficient (Wildman–Crippen LogP) is 2.91. The molecule has 2 fully saturated rings. The SMILES string of the molecule is O=c1[nH]c2ccccc2n1C1CCN(CC(O)CC2CCCC2)CC1. The Morgan fingerprint density at radius 1 is 1.12 bits per heavy atom. The van der Waals surface area contributed by atoms with Crippen LogP contribution in [-0.4, -0.2) is 45.3 Å². The van der Waals surface area contributed by atoms with Crippen molar-refractivity contribution in [2.45, 2.75) is 57.1 Å². The highest BCUT2D eigenvalue weighted by Crippen LogP contribution is 2.29. The minimum absolute atomic E-state index is 0.000850. The number of aliphatic hydroxyl groups is 1. The summed E-state index contributed by atoms with van der Waals surface area (Å²) in [5.74, 6) is 0.734. The summed E-state index contributed by atoms with van der Waals surface area (Å²) in [7, 11) is 0. The molecule has 2 heterocycles. The third-order valence-electron chi connectivity index (χ3n) is 6.10. The number of aromatic amines is 1. The number of piperidine rings is 1. The normalized spacial score (nSPS) is 22.0. The van der Waals surface area contributed by atoms with E-state index in [0.717, 1.165) is 55.8 Å². The second kappa shape index (κ2) is 7.34. The number of hydrogen-bond acceptors (Lipinski definition) is 3. The minimum Gasteiger partial charge on any atom is -0.392 e. The fraction of sp³-hybridized carbons (Fsp3) is 0.650. The van der Waals surface area contributed by atoms with Crippen molar-refractivity contribution in [1.82, 2.24) is 14.5 Å². The highest BCUT2D eigenvalue weighted by molar-refractivity contribution is 5.75. The Kier molecular flexibility index (Phi) is 4.95. The van der Waals surface area contributed by atoms with Gasteiger partial charge < -0.3 is 15.0 Å². The number of nitrogens with zero attached hydrogens (tertiary/aromatic N) is 2. The van der Waals surface area contributed by atoms with Gasteiger partial charge >= 0.3 is 5.69 Å². The summed E-state index contributed by atoms with van der Waals surface area (Å²) in [6, 6.07) is 8.18. The maximum atomic E-state index is 12.3. The fourth-order valence-electron chi connectivity index (χ4n) is 4.80. The van der Waals surface area contributed by atoms with Gasteiger partial charge in [0.1, 0.15) is 0 Å². The number of rotatable bonds is 5. The van der Waals surface area contributed by atoms with Crippen molar-refractivity contribution >= 4 is 11.0 Å². The van der Waals surface area contributed by atoms with Gasteiger partial charge in [-0.25, -0.2) is 4.79 Å². The standard InChI is InChI=1S/C20H29N3O2/c24-17(13-15-5-1-2-6-15)14-22-11-9-16(10-12-22)23-19-8-4-3-7-18(19)21-20(23)25/h3-4,7-8,15-17,24H,1-2,5-6,9-14H2,(H,21,25). The first kappa shape index (κ1) is 16.9. The van der Waals surface area contributed by atoms with Gasteiger partial charge in [0.25, 0.3) is 0 Å². The van der Waals surface area contributed by atoms with E-state index >= 15 is 0 Å². The molecule has 1 saturated heterocycles. The number of nitrogens with one attached hydrogen (secondary N) is 1. The molecular formula is C20H29N3O2. The molecule has 2 N–H and O–H groups in total. The average molecular weight is 343 g/mol. The molecule has 1 atom stereocenters. The van der Waals surface area contributed by atoms with E-state index in [1.807, 2.05) is 28.8 Å². The lowest BCUT2D eigenvalue weighted by molar-refractivity contribution is 0.0742. The Labute approximate surface area is 148 Å². The highest BCUT2D eigenvalue weighted by Gasteiger charge is 2.26. The van der Waals surface area contributed by atoms with Gasteiger partial charge in [-0.3, -0.25) is 4.57 Å². The van der Waals surface area contributed by atoms with Crippen LogP contribution in [0.1, 0.15) is 51.0 Å². The molecular weight excluding hydrogens is 314 g/mol. The van der Waals surface area contributed by atoms with E-state index in [1.54, 1.807) is 0 Å². The van der Waals surface area contributed by atoms with Crippen molar-refractivity contribution in [1.29, 1.82) is 0 Å². The van der Waals surface area contributed by atoms with Crippen LogP contribution in [-0.2, 0) is 0 Å². The molecule has 2 aromatic rings. The average Bonchev–Trinajstić information content (AvgIpc) is 3.22. The Morgan fingerprint density at radius 3 is 2.60 bits per heavy atom. The van der Waals surface area contributed by atoms with E-state index in [-0.39, 0.29) is 17.8 Å². The molecule has 2 aliphatic rings. The zero-order chi connectivity index (χ0) is 17.2. The van der Waals surface area contributed by atoms with Gasteiger partial charge in [-0.05, 0) is 37.3 Å². The lowest BCUT2D eigenvalue weighted by Gasteiger charge is -2.34. The molecule has 4 rings (SSSR count). The number of likely N-dealkylation sites (tertiary alicyclic amines) is 1. The number of imidazole rings is 1. The molecule has 1 aromatic carbocycles. The summed E-state index contributed by atoms with van der Waals surface area (Å²) in [6.45, 7) is 2.70. The monoisotopic (exact) mass is 343 g/mol. The van der Waals surface area contributed by atoms with Gasteiger partial charge in [0.05, 0.1) is 17.1 Å². The number of benzene rings is 1. The molecule has 1 aromatic heterocycles. The lowest BCUT2D eigenvalue weighted by Crippen LogP contribution is -2.41. The Morgan fingerprint density at radius 2 is 1.84 bits per heavy atom. The molecule has 1 aliphatic carbocycles. The topological polar surface area (TPSA) is 61.3 Å². The van der Waals surface area contributed by atoms with Crippen molar-refractivity contribution in [3.63, 3.8) is 0 Å². The maximum absolute atomic E-state index is 12.3. The van der Waals surface area contributed by atoms with Crippen LogP contribution in [0.25, 0.3) is 11.0 Å². The largest absolute Gasteiger partial charge is 0.392 e. The summed E-state index contributed by atoms with van der Waals surface area (Å²) in [5, 5.41) is 10.4. The molecule has 0 spiro atoms. The molecule has 1 aliphatic heterocycles. The van der Waals surface area contributed by atoms with Gasteiger partial charge in [-0.15, -0.1) is 0 Å². The Bertz CT molecular complexity index is 752. The fourth-order valence-corrected chi connectivity index (χ4v) is 4.80. The zero-order valence-electron chi connectivity index (χ0n) is 14.9. The number of hydrogen-bond donors (Lipinski definition) is 2. The molecule has 0 bridgehead atoms. The minimum atomic E-state index is -0.199. The predicted molar refractivity (Wildman–Crippen MR) is 99.9 cm³/mol. The van der Waals surface area contributed by atoms with Crippen LogP contribution in [0, 0.1) is 5.92 Å². The van der Waals surface area contributed by atoms with Crippen molar-refractivity contribution in [3.05, 3.63) is 34.7 Å². The number of β-amino-alcohol motifs (C(OH)–C–C–N with tert-alkyl or cyclic N) is 1. The second-order valence-electron chi connectivity index (χ2n) is 7.89. The van der Waals surface area contributed by atoms with Gasteiger partial charge in [0.2, 0.25) is 0 Å². The first-order chi connectivity index (χ1) is 12.2. The maximum Gasteiger partial charge on any atom is 0.326 e. The first-order valence-corrected chi connectivity index (χ1v) is 9.80. The third kappa shape index (κ3) is 3.67. The van der Waals surface area contributed by atoms with Gasteiger partial charge in [-0.1, -0.05) is 37.8 Å². The van der Waals surface area contributed by atoms with Gasteiger partial charge in [0.15, 0.2) is 0 Å². The van der Waals surface area contributed by atoms with Crippen LogP contribution in [0.2, 0.25) is 0 Å².